The summed E-state index contributed by atoms with van der Waals surface area (Å²) < 4.78 is 5.11. The molecule has 0 saturated heterocycles. The van der Waals surface area contributed by atoms with Gasteiger partial charge in [-0.05, 0) is 17.7 Å². The Morgan fingerprint density at radius 1 is 1.42 bits per heavy atom. The second-order valence-corrected chi connectivity index (χ2v) is 4.38. The zero-order valence-electron chi connectivity index (χ0n) is 11.0. The van der Waals surface area contributed by atoms with Gasteiger partial charge < -0.3 is 9.64 Å². The van der Waals surface area contributed by atoms with Crippen molar-refractivity contribution in [1.82, 2.24) is 10.2 Å². The minimum Gasteiger partial charge on any atom is -0.497 e. The van der Waals surface area contributed by atoms with Gasteiger partial charge >= 0.3 is 6.03 Å². The van der Waals surface area contributed by atoms with E-state index < -0.39 is 6.03 Å². The van der Waals surface area contributed by atoms with Crippen LogP contribution in [0.15, 0.2) is 24.3 Å². The fourth-order valence-electron chi connectivity index (χ4n) is 1.48. The Balaban J connectivity index is 2.55. The van der Waals surface area contributed by atoms with E-state index in [0.29, 0.717) is 6.54 Å². The Morgan fingerprint density at radius 3 is 2.79 bits per heavy atom. The fourth-order valence-corrected chi connectivity index (χ4v) is 1.65. The number of nitrogens with one attached hydrogen (secondary N) is 1. The first-order valence-electron chi connectivity index (χ1n) is 5.80. The highest BCUT2D eigenvalue weighted by Gasteiger charge is 2.12. The second kappa shape index (κ2) is 7.63. The highest BCUT2D eigenvalue weighted by atomic mass is 35.5. The van der Waals surface area contributed by atoms with Crippen LogP contribution in [0.2, 0.25) is 0 Å². The molecule has 0 aromatic heterocycles. The molecule has 0 saturated carbocycles. The normalized spacial score (nSPS) is 9.84. The van der Waals surface area contributed by atoms with E-state index in [2.05, 4.69) is 5.32 Å². The van der Waals surface area contributed by atoms with Gasteiger partial charge in [-0.2, -0.15) is 0 Å². The zero-order valence-corrected chi connectivity index (χ0v) is 11.7. The van der Waals surface area contributed by atoms with Gasteiger partial charge in [-0.15, -0.1) is 11.6 Å². The summed E-state index contributed by atoms with van der Waals surface area (Å²) >= 11 is 5.42. The highest BCUT2D eigenvalue weighted by Crippen LogP contribution is 2.13. The Morgan fingerprint density at radius 2 is 2.16 bits per heavy atom. The lowest BCUT2D eigenvalue weighted by Gasteiger charge is -2.17. The quantitative estimate of drug-likeness (QED) is 0.841. The number of ether oxygens (including phenoxy) is 1. The van der Waals surface area contributed by atoms with E-state index >= 15 is 0 Å². The van der Waals surface area contributed by atoms with Gasteiger partial charge in [0.15, 0.2) is 0 Å². The van der Waals surface area contributed by atoms with Crippen LogP contribution in [0.25, 0.3) is 0 Å². The standard InChI is InChI=1S/C13H17ClN2O3/c1-16(13(18)15-12(17)6-7-14)9-10-4-3-5-11(8-10)19-2/h3-5,8H,6-7,9H2,1-2H3,(H,15,17,18). The number of benzene rings is 1. The number of imide groups is 1. The first kappa shape index (κ1) is 15.3. The van der Waals surface area contributed by atoms with Crippen molar-refractivity contribution in [2.24, 2.45) is 0 Å². The van der Waals surface area contributed by atoms with Crippen LogP contribution in [-0.2, 0) is 11.3 Å². The molecule has 3 amide bonds. The molecule has 0 radical (unpaired) electrons. The molecule has 0 spiro atoms. The summed E-state index contributed by atoms with van der Waals surface area (Å²) in [7, 11) is 3.20. The van der Waals surface area contributed by atoms with Crippen LogP contribution in [0.4, 0.5) is 4.79 Å². The molecule has 0 atom stereocenters. The van der Waals surface area contributed by atoms with Crippen LogP contribution in [0.5, 0.6) is 5.75 Å². The van der Waals surface area contributed by atoms with Crippen LogP contribution in [0, 0.1) is 0 Å². The number of hydrogen-bond donors (Lipinski definition) is 1. The van der Waals surface area contributed by atoms with Gasteiger partial charge in [-0.25, -0.2) is 4.79 Å². The van der Waals surface area contributed by atoms with Crippen molar-refractivity contribution >= 4 is 23.5 Å². The molecule has 1 aromatic carbocycles. The number of halogens is 1. The van der Waals surface area contributed by atoms with E-state index in [4.69, 9.17) is 16.3 Å². The summed E-state index contributed by atoms with van der Waals surface area (Å²) in [6, 6.07) is 6.95. The predicted molar refractivity (Wildman–Crippen MR) is 73.3 cm³/mol. The van der Waals surface area contributed by atoms with Crippen molar-refractivity contribution in [3.05, 3.63) is 29.8 Å². The van der Waals surface area contributed by atoms with E-state index in [1.807, 2.05) is 24.3 Å². The smallest absolute Gasteiger partial charge is 0.324 e. The van der Waals surface area contributed by atoms with Crippen molar-refractivity contribution in [2.45, 2.75) is 13.0 Å². The molecule has 0 aliphatic heterocycles. The number of nitrogens with zero attached hydrogens (tertiary/aromatic N) is 1. The summed E-state index contributed by atoms with van der Waals surface area (Å²) in [5.74, 6) is 0.542. The summed E-state index contributed by atoms with van der Waals surface area (Å²) in [6.45, 7) is 0.386. The number of rotatable bonds is 5. The molecule has 0 heterocycles. The third-order valence-corrected chi connectivity index (χ3v) is 2.66. The van der Waals surface area contributed by atoms with E-state index in [1.165, 1.54) is 4.90 Å². The Bertz CT molecular complexity index is 451. The third kappa shape index (κ3) is 5.18. The van der Waals surface area contributed by atoms with Crippen LogP contribution >= 0.6 is 11.6 Å². The number of hydrogen-bond acceptors (Lipinski definition) is 3. The van der Waals surface area contributed by atoms with Crippen molar-refractivity contribution in [3.63, 3.8) is 0 Å². The number of amides is 3. The lowest BCUT2D eigenvalue weighted by molar-refractivity contribution is -0.119. The minimum atomic E-state index is -0.446. The SMILES string of the molecule is COc1cccc(CN(C)C(=O)NC(=O)CCCl)c1. The van der Waals surface area contributed by atoms with Crippen LogP contribution in [0.3, 0.4) is 0 Å². The largest absolute Gasteiger partial charge is 0.497 e. The molecule has 0 fully saturated rings. The Hall–Kier alpha value is -1.75. The van der Waals surface area contributed by atoms with E-state index in [0.717, 1.165) is 11.3 Å². The van der Waals surface area contributed by atoms with Gasteiger partial charge in [-0.1, -0.05) is 12.1 Å². The monoisotopic (exact) mass is 284 g/mol. The maximum atomic E-state index is 11.7. The van der Waals surface area contributed by atoms with Crippen molar-refractivity contribution in [3.8, 4) is 5.75 Å². The number of carbonyl (C=O) groups is 2. The van der Waals surface area contributed by atoms with E-state index in [1.54, 1.807) is 14.2 Å². The van der Waals surface area contributed by atoms with Gasteiger partial charge in [0.1, 0.15) is 5.75 Å². The summed E-state index contributed by atoms with van der Waals surface area (Å²) in [5.41, 5.74) is 0.918. The molecule has 0 aliphatic rings. The van der Waals surface area contributed by atoms with E-state index in [9.17, 15) is 9.59 Å². The first-order valence-corrected chi connectivity index (χ1v) is 6.34. The number of urea groups is 1. The molecule has 1 N–H and O–H groups in total. The number of methoxy groups -OCH3 is 1. The molecule has 6 heteroatoms. The lowest BCUT2D eigenvalue weighted by Crippen LogP contribution is -2.40. The molecular weight excluding hydrogens is 268 g/mol. The maximum Gasteiger partial charge on any atom is 0.324 e. The molecule has 104 valence electrons. The zero-order chi connectivity index (χ0) is 14.3. The average Bonchev–Trinajstić information content (AvgIpc) is 2.39. The van der Waals surface area contributed by atoms with Gasteiger partial charge in [0.2, 0.25) is 5.91 Å². The molecule has 1 aromatic rings. The summed E-state index contributed by atoms with van der Waals surface area (Å²) in [5, 5.41) is 2.26. The Labute approximate surface area is 117 Å². The minimum absolute atomic E-state index is 0.125. The van der Waals surface area contributed by atoms with Gasteiger partial charge in [-0.3, -0.25) is 10.1 Å². The van der Waals surface area contributed by atoms with Crippen LogP contribution in [-0.4, -0.2) is 36.9 Å². The second-order valence-electron chi connectivity index (χ2n) is 4.00. The molecule has 19 heavy (non-hydrogen) atoms. The highest BCUT2D eigenvalue weighted by molar-refractivity contribution is 6.19. The average molecular weight is 285 g/mol. The van der Waals surface area contributed by atoms with Crippen LogP contribution in [0.1, 0.15) is 12.0 Å². The third-order valence-electron chi connectivity index (χ3n) is 2.47. The maximum absolute atomic E-state index is 11.7. The molecule has 0 unspecified atom stereocenters. The topological polar surface area (TPSA) is 58.6 Å². The van der Waals surface area contributed by atoms with Crippen molar-refractivity contribution in [1.29, 1.82) is 0 Å². The van der Waals surface area contributed by atoms with Gasteiger partial charge in [0.05, 0.1) is 7.11 Å². The molecule has 0 aliphatic carbocycles. The Kier molecular flexibility index (Phi) is 6.15. The summed E-state index contributed by atoms with van der Waals surface area (Å²) in [6.07, 6.45) is 0.125. The molecule has 1 rings (SSSR count). The van der Waals surface area contributed by atoms with Gasteiger partial charge in [0.25, 0.3) is 0 Å². The molecule has 0 bridgehead atoms. The van der Waals surface area contributed by atoms with Crippen LogP contribution < -0.4 is 10.1 Å². The first-order chi connectivity index (χ1) is 9.06. The summed E-state index contributed by atoms with van der Waals surface area (Å²) in [4.78, 5) is 24.4. The molecular formula is C13H17ClN2O3. The van der Waals surface area contributed by atoms with Crippen molar-refractivity contribution in [2.75, 3.05) is 20.0 Å². The van der Waals surface area contributed by atoms with Crippen molar-refractivity contribution < 1.29 is 14.3 Å². The number of carbonyl (C=O) groups excluding carboxylic acids is 2. The predicted octanol–water partition coefficient (Wildman–Crippen LogP) is 1.99. The fraction of sp³-hybridized carbons (Fsp3) is 0.385. The molecule has 5 nitrogen and oxygen atoms in total. The number of alkyl halides is 1. The van der Waals surface area contributed by atoms with E-state index in [-0.39, 0.29) is 18.2 Å². The van der Waals surface area contributed by atoms with Gasteiger partial charge in [0, 0.05) is 25.9 Å². The lowest BCUT2D eigenvalue weighted by atomic mass is 10.2.